The summed E-state index contributed by atoms with van der Waals surface area (Å²) in [6, 6.07) is -3.30. The molecule has 2 heterocycles. The first-order valence-corrected chi connectivity index (χ1v) is 9.07. The Bertz CT molecular complexity index is 852. The lowest BCUT2D eigenvalue weighted by atomic mass is 10.1. The average molecular weight is 420 g/mol. The number of hydrogen-bond donors (Lipinski definition) is 7. The zero-order valence-electron chi connectivity index (χ0n) is 16.2. The molecule has 0 aliphatic carbocycles. The van der Waals surface area contributed by atoms with E-state index >= 15 is 0 Å². The Balaban J connectivity index is 2.16. The molecule has 2 aromatic rings. The van der Waals surface area contributed by atoms with Crippen LogP contribution in [0, 0.1) is 0 Å². The molecule has 3 atom stereocenters. The van der Waals surface area contributed by atoms with Gasteiger partial charge in [-0.2, -0.15) is 0 Å². The Morgan fingerprint density at radius 3 is 1.90 bits per heavy atom. The number of imidazole rings is 2. The number of nitrogens with one attached hydrogen (secondary N) is 5. The molecule has 2 rings (SSSR count). The SMILES string of the molecule is CC(NC(=O)C(Cc1cnc[nH]1)NC(=O)C(Cc1cnc[nH]1)NC(=O)CN)C(=O)O. The molecule has 13 heteroatoms. The van der Waals surface area contributed by atoms with Gasteiger partial charge in [-0.1, -0.05) is 0 Å². The zero-order valence-corrected chi connectivity index (χ0v) is 16.2. The molecule has 8 N–H and O–H groups in total. The van der Waals surface area contributed by atoms with E-state index in [0.717, 1.165) is 0 Å². The maximum Gasteiger partial charge on any atom is 0.325 e. The molecule has 3 amide bonds. The number of hydrogen-bond acceptors (Lipinski definition) is 7. The van der Waals surface area contributed by atoms with Crippen molar-refractivity contribution in [1.29, 1.82) is 0 Å². The number of rotatable bonds is 11. The smallest absolute Gasteiger partial charge is 0.325 e. The van der Waals surface area contributed by atoms with Crippen LogP contribution in [0.3, 0.4) is 0 Å². The molecule has 0 spiro atoms. The van der Waals surface area contributed by atoms with Crippen LogP contribution in [0.5, 0.6) is 0 Å². The summed E-state index contributed by atoms with van der Waals surface area (Å²) in [5.41, 5.74) is 6.46. The molecule has 0 saturated heterocycles. The fourth-order valence-corrected chi connectivity index (χ4v) is 2.55. The predicted octanol–water partition coefficient (Wildman–Crippen LogP) is -2.56. The number of carboxylic acid groups (broad SMARTS) is 1. The minimum atomic E-state index is -1.22. The molecule has 30 heavy (non-hydrogen) atoms. The van der Waals surface area contributed by atoms with Gasteiger partial charge in [-0.15, -0.1) is 0 Å². The minimum Gasteiger partial charge on any atom is -0.480 e. The number of carbonyl (C=O) groups excluding carboxylic acids is 3. The second-order valence-electron chi connectivity index (χ2n) is 6.52. The van der Waals surface area contributed by atoms with Gasteiger partial charge in [0, 0.05) is 36.6 Å². The molecule has 0 fully saturated rings. The minimum absolute atomic E-state index is 0.0333. The summed E-state index contributed by atoms with van der Waals surface area (Å²) < 4.78 is 0. The maximum absolute atomic E-state index is 12.9. The fourth-order valence-electron chi connectivity index (χ4n) is 2.55. The van der Waals surface area contributed by atoms with E-state index in [2.05, 4.69) is 35.9 Å². The van der Waals surface area contributed by atoms with Crippen LogP contribution >= 0.6 is 0 Å². The lowest BCUT2D eigenvalue weighted by Crippen LogP contribution is -2.57. The van der Waals surface area contributed by atoms with Gasteiger partial charge in [-0.05, 0) is 6.92 Å². The number of nitrogens with zero attached hydrogens (tertiary/aromatic N) is 2. The second-order valence-corrected chi connectivity index (χ2v) is 6.52. The van der Waals surface area contributed by atoms with Crippen LogP contribution < -0.4 is 21.7 Å². The molecule has 0 aliphatic heterocycles. The largest absolute Gasteiger partial charge is 0.480 e. The fraction of sp³-hybridized carbons (Fsp3) is 0.412. The van der Waals surface area contributed by atoms with E-state index in [0.29, 0.717) is 11.4 Å². The number of carboxylic acids is 1. The van der Waals surface area contributed by atoms with E-state index < -0.39 is 41.8 Å². The number of aromatic nitrogens is 4. The van der Waals surface area contributed by atoms with Crippen LogP contribution in [-0.4, -0.2) is 73.4 Å². The van der Waals surface area contributed by atoms with E-state index in [1.54, 1.807) is 0 Å². The van der Waals surface area contributed by atoms with Gasteiger partial charge in [-0.3, -0.25) is 19.2 Å². The Labute approximate surface area is 171 Å². The van der Waals surface area contributed by atoms with E-state index in [-0.39, 0.29) is 19.4 Å². The Kier molecular flexibility index (Phi) is 8.05. The number of aliphatic carboxylic acids is 1. The average Bonchev–Trinajstić information content (AvgIpc) is 3.40. The Hall–Kier alpha value is -3.74. The Morgan fingerprint density at radius 2 is 1.47 bits per heavy atom. The summed E-state index contributed by atoms with van der Waals surface area (Å²) in [4.78, 5) is 61.6. The summed E-state index contributed by atoms with van der Waals surface area (Å²) in [5, 5.41) is 16.4. The highest BCUT2D eigenvalue weighted by molar-refractivity contribution is 5.93. The van der Waals surface area contributed by atoms with Crippen molar-refractivity contribution < 1.29 is 24.3 Å². The first kappa shape index (κ1) is 22.5. The number of carbonyl (C=O) groups is 4. The molecular weight excluding hydrogens is 396 g/mol. The number of nitrogens with two attached hydrogens (primary N) is 1. The number of aromatic amines is 2. The predicted molar refractivity (Wildman–Crippen MR) is 103 cm³/mol. The molecule has 0 aliphatic rings. The molecule has 0 bridgehead atoms. The van der Waals surface area contributed by atoms with Crippen molar-refractivity contribution in [2.75, 3.05) is 6.54 Å². The highest BCUT2D eigenvalue weighted by Crippen LogP contribution is 2.04. The van der Waals surface area contributed by atoms with Crippen molar-refractivity contribution in [3.8, 4) is 0 Å². The highest BCUT2D eigenvalue weighted by Gasteiger charge is 2.29. The lowest BCUT2D eigenvalue weighted by molar-refractivity contribution is -0.141. The van der Waals surface area contributed by atoms with Crippen molar-refractivity contribution in [2.24, 2.45) is 5.73 Å². The summed E-state index contributed by atoms with van der Waals surface area (Å²) in [5.74, 6) is -3.11. The van der Waals surface area contributed by atoms with E-state index in [1.807, 2.05) is 0 Å². The lowest BCUT2D eigenvalue weighted by Gasteiger charge is -2.23. The molecule has 0 radical (unpaired) electrons. The van der Waals surface area contributed by atoms with Crippen molar-refractivity contribution in [3.05, 3.63) is 36.4 Å². The van der Waals surface area contributed by atoms with Crippen molar-refractivity contribution in [1.82, 2.24) is 35.9 Å². The van der Waals surface area contributed by atoms with Crippen LogP contribution in [-0.2, 0) is 32.0 Å². The monoisotopic (exact) mass is 420 g/mol. The quantitative estimate of drug-likeness (QED) is 0.205. The summed E-state index contributed by atoms with van der Waals surface area (Å²) in [6.45, 7) is 0.985. The summed E-state index contributed by atoms with van der Waals surface area (Å²) in [7, 11) is 0. The van der Waals surface area contributed by atoms with Crippen LogP contribution in [0.4, 0.5) is 0 Å². The van der Waals surface area contributed by atoms with Gasteiger partial charge >= 0.3 is 5.97 Å². The van der Waals surface area contributed by atoms with Crippen LogP contribution in [0.2, 0.25) is 0 Å². The molecule has 162 valence electrons. The zero-order chi connectivity index (χ0) is 22.1. The molecule has 2 aromatic heterocycles. The van der Waals surface area contributed by atoms with Crippen molar-refractivity contribution in [2.45, 2.75) is 37.9 Å². The summed E-state index contributed by atoms with van der Waals surface area (Å²) >= 11 is 0. The molecule has 13 nitrogen and oxygen atoms in total. The second kappa shape index (κ2) is 10.7. The van der Waals surface area contributed by atoms with Crippen LogP contribution in [0.1, 0.15) is 18.3 Å². The third-order valence-corrected chi connectivity index (χ3v) is 4.16. The number of amides is 3. The molecule has 0 saturated carbocycles. The first-order chi connectivity index (χ1) is 14.3. The molecular formula is C17H24N8O5. The first-order valence-electron chi connectivity index (χ1n) is 9.07. The highest BCUT2D eigenvalue weighted by atomic mass is 16.4. The Morgan fingerprint density at radius 1 is 0.967 bits per heavy atom. The van der Waals surface area contributed by atoms with Gasteiger partial charge < -0.3 is 36.8 Å². The third kappa shape index (κ3) is 6.70. The van der Waals surface area contributed by atoms with Gasteiger partial charge in [0.15, 0.2) is 0 Å². The van der Waals surface area contributed by atoms with Crippen LogP contribution in [0.15, 0.2) is 25.0 Å². The molecule has 3 unspecified atom stereocenters. The van der Waals surface area contributed by atoms with Gasteiger partial charge in [0.1, 0.15) is 18.1 Å². The maximum atomic E-state index is 12.9. The third-order valence-electron chi connectivity index (χ3n) is 4.16. The number of H-pyrrole nitrogens is 2. The van der Waals surface area contributed by atoms with Gasteiger partial charge in [0.2, 0.25) is 17.7 Å². The standard InChI is InChI=1S/C17H24N8O5/c1-9(17(29)30)23-15(27)13(3-11-6-20-8-22-11)25-16(28)12(24-14(26)4-18)2-10-5-19-7-21-10/h5-9,12-13H,2-4,18H2,1H3,(H,19,21)(H,20,22)(H,23,27)(H,24,26)(H,25,28)(H,29,30). The van der Waals surface area contributed by atoms with E-state index in [1.165, 1.54) is 32.0 Å². The van der Waals surface area contributed by atoms with Gasteiger partial charge in [0.25, 0.3) is 0 Å². The van der Waals surface area contributed by atoms with Gasteiger partial charge in [0.05, 0.1) is 19.2 Å². The van der Waals surface area contributed by atoms with Crippen molar-refractivity contribution >= 4 is 23.7 Å². The van der Waals surface area contributed by atoms with Crippen LogP contribution in [0.25, 0.3) is 0 Å². The van der Waals surface area contributed by atoms with Gasteiger partial charge in [-0.25, -0.2) is 9.97 Å². The molecule has 0 aromatic carbocycles. The topological polar surface area (TPSA) is 208 Å². The van der Waals surface area contributed by atoms with Crippen molar-refractivity contribution in [3.63, 3.8) is 0 Å². The summed E-state index contributed by atoms with van der Waals surface area (Å²) in [6.07, 6.45) is 5.93. The van der Waals surface area contributed by atoms with E-state index in [9.17, 15) is 19.2 Å². The normalized spacial score (nSPS) is 13.7. The van der Waals surface area contributed by atoms with E-state index in [4.69, 9.17) is 10.8 Å².